The van der Waals surface area contributed by atoms with Crippen molar-refractivity contribution in [3.63, 3.8) is 0 Å². The molecule has 29 heavy (non-hydrogen) atoms. The van der Waals surface area contributed by atoms with Gasteiger partial charge in [0.2, 0.25) is 0 Å². The van der Waals surface area contributed by atoms with Crippen molar-refractivity contribution >= 4 is 39.1 Å². The number of aromatic nitrogens is 1. The molecule has 0 spiro atoms. The van der Waals surface area contributed by atoms with Crippen LogP contribution in [0.2, 0.25) is 5.02 Å². The molecule has 3 aromatic rings. The van der Waals surface area contributed by atoms with Gasteiger partial charge < -0.3 is 15.0 Å². The molecule has 1 aromatic heterocycles. The summed E-state index contributed by atoms with van der Waals surface area (Å²) < 4.78 is 5.45. The normalized spacial score (nSPS) is 14.9. The number of hydrogen-bond acceptors (Lipinski definition) is 4. The molecule has 2 aromatic carbocycles. The molecule has 0 amide bonds. The molecule has 1 fully saturated rings. The molecule has 0 unspecified atom stereocenters. The van der Waals surface area contributed by atoms with E-state index < -0.39 is 0 Å². The van der Waals surface area contributed by atoms with Crippen LogP contribution in [-0.4, -0.2) is 42.7 Å². The number of methoxy groups -OCH3 is 1. The second kappa shape index (κ2) is 9.19. The van der Waals surface area contributed by atoms with Gasteiger partial charge in [-0.15, -0.1) is 0 Å². The van der Waals surface area contributed by atoms with Crippen LogP contribution in [0.1, 0.15) is 39.0 Å². The molecule has 4 nitrogen and oxygen atoms in total. The van der Waals surface area contributed by atoms with Crippen LogP contribution < -0.4 is 10.1 Å². The Balaban J connectivity index is 1.57. The van der Waals surface area contributed by atoms with Crippen molar-refractivity contribution in [2.45, 2.75) is 45.1 Å². The maximum atomic E-state index is 6.22. The van der Waals surface area contributed by atoms with E-state index in [2.05, 4.69) is 29.3 Å². The molecule has 1 N–H and O–H groups in total. The Kier molecular flexibility index (Phi) is 6.41. The van der Waals surface area contributed by atoms with Crippen LogP contribution in [-0.2, 0) is 0 Å². The van der Waals surface area contributed by atoms with E-state index in [0.29, 0.717) is 5.02 Å². The fourth-order valence-electron chi connectivity index (χ4n) is 4.58. The Morgan fingerprint density at radius 2 is 1.93 bits per heavy atom. The maximum Gasteiger partial charge on any atom is 0.119 e. The molecule has 0 aliphatic heterocycles. The van der Waals surface area contributed by atoms with Crippen LogP contribution in [0.5, 0.6) is 5.75 Å². The smallest absolute Gasteiger partial charge is 0.119 e. The van der Waals surface area contributed by atoms with Crippen LogP contribution in [0, 0.1) is 0 Å². The van der Waals surface area contributed by atoms with Crippen LogP contribution in [0.3, 0.4) is 0 Å². The summed E-state index contributed by atoms with van der Waals surface area (Å²) in [5.74, 6) is 0.842. The van der Waals surface area contributed by atoms with E-state index in [4.69, 9.17) is 21.3 Å². The number of fused-ring (bicyclic) bond motifs is 2. The van der Waals surface area contributed by atoms with Crippen molar-refractivity contribution in [2.24, 2.45) is 0 Å². The van der Waals surface area contributed by atoms with E-state index in [9.17, 15) is 0 Å². The molecule has 0 atom stereocenters. The minimum Gasteiger partial charge on any atom is -0.497 e. The summed E-state index contributed by atoms with van der Waals surface area (Å²) in [7, 11) is 1.70. The predicted octanol–water partition coefficient (Wildman–Crippen LogP) is 6.12. The highest BCUT2D eigenvalue weighted by Gasteiger charge is 2.20. The van der Waals surface area contributed by atoms with Crippen molar-refractivity contribution in [3.05, 3.63) is 41.4 Å². The topological polar surface area (TPSA) is 37.4 Å². The van der Waals surface area contributed by atoms with Gasteiger partial charge in [0.25, 0.3) is 0 Å². The first-order valence-electron chi connectivity index (χ1n) is 10.7. The third kappa shape index (κ3) is 4.44. The number of ether oxygens (including phenoxy) is 1. The zero-order valence-electron chi connectivity index (χ0n) is 17.4. The summed E-state index contributed by atoms with van der Waals surface area (Å²) in [5.41, 5.74) is 2.98. The molecular formula is C24H30ClN3O. The van der Waals surface area contributed by atoms with E-state index in [-0.39, 0.29) is 0 Å². The standard InChI is InChI=1S/C24H30ClN3O/c1-3-28(18-7-4-5-8-18)14-6-13-26-24-20-11-9-17(25)15-23(20)27-22-12-10-19(29-2)16-21(22)24/h9-12,15-16,18H,3-8,13-14H2,1-2H3,(H,26,27). The third-order valence-electron chi connectivity index (χ3n) is 6.11. The van der Waals surface area contributed by atoms with Crippen molar-refractivity contribution < 1.29 is 4.74 Å². The molecule has 1 aliphatic carbocycles. The third-order valence-corrected chi connectivity index (χ3v) is 6.35. The first kappa shape index (κ1) is 20.2. The average molecular weight is 412 g/mol. The Morgan fingerprint density at radius 1 is 1.10 bits per heavy atom. The molecule has 1 aliphatic rings. The van der Waals surface area contributed by atoms with Crippen LogP contribution in [0.15, 0.2) is 36.4 Å². The number of hydrogen-bond donors (Lipinski definition) is 1. The minimum atomic E-state index is 0.707. The summed E-state index contributed by atoms with van der Waals surface area (Å²) in [6, 6.07) is 12.7. The second-order valence-corrected chi connectivity index (χ2v) is 8.31. The second-order valence-electron chi connectivity index (χ2n) is 7.88. The Labute approximate surface area is 178 Å². The van der Waals surface area contributed by atoms with Gasteiger partial charge in [-0.1, -0.05) is 31.4 Å². The lowest BCUT2D eigenvalue weighted by Gasteiger charge is -2.27. The van der Waals surface area contributed by atoms with E-state index >= 15 is 0 Å². The van der Waals surface area contributed by atoms with Gasteiger partial charge in [-0.3, -0.25) is 0 Å². The Hall–Kier alpha value is -2.04. The van der Waals surface area contributed by atoms with Crippen molar-refractivity contribution in [1.29, 1.82) is 0 Å². The van der Waals surface area contributed by atoms with Crippen molar-refractivity contribution in [1.82, 2.24) is 9.88 Å². The summed E-state index contributed by atoms with van der Waals surface area (Å²) in [6.45, 7) is 5.49. The van der Waals surface area contributed by atoms with Gasteiger partial charge in [-0.25, -0.2) is 4.98 Å². The lowest BCUT2D eigenvalue weighted by molar-refractivity contribution is 0.208. The van der Waals surface area contributed by atoms with Crippen LogP contribution >= 0.6 is 11.6 Å². The summed E-state index contributed by atoms with van der Waals surface area (Å²) in [5, 5.41) is 6.59. The van der Waals surface area contributed by atoms with Crippen molar-refractivity contribution in [3.8, 4) is 5.75 Å². The zero-order valence-corrected chi connectivity index (χ0v) is 18.1. The SMILES string of the molecule is CCN(CCCNc1c2ccc(Cl)cc2nc2ccc(OC)cc12)C1CCCC1. The molecule has 0 bridgehead atoms. The number of nitrogens with one attached hydrogen (secondary N) is 1. The molecule has 1 saturated carbocycles. The van der Waals surface area contributed by atoms with Gasteiger partial charge >= 0.3 is 0 Å². The minimum absolute atomic E-state index is 0.707. The number of halogens is 1. The fourth-order valence-corrected chi connectivity index (χ4v) is 4.74. The van der Waals surface area contributed by atoms with E-state index in [0.717, 1.165) is 65.3 Å². The first-order valence-corrected chi connectivity index (χ1v) is 11.1. The molecule has 1 heterocycles. The molecule has 154 valence electrons. The van der Waals surface area contributed by atoms with E-state index in [1.807, 2.05) is 24.3 Å². The van der Waals surface area contributed by atoms with E-state index in [1.54, 1.807) is 7.11 Å². The quantitative estimate of drug-likeness (QED) is 0.358. The molecule has 0 saturated heterocycles. The predicted molar refractivity (Wildman–Crippen MR) is 123 cm³/mol. The van der Waals surface area contributed by atoms with Gasteiger partial charge in [0.1, 0.15) is 5.75 Å². The summed E-state index contributed by atoms with van der Waals surface area (Å²) in [6.07, 6.45) is 6.62. The number of nitrogens with zero attached hydrogens (tertiary/aromatic N) is 2. The average Bonchev–Trinajstić information content (AvgIpc) is 3.27. The van der Waals surface area contributed by atoms with E-state index in [1.165, 1.54) is 25.7 Å². The van der Waals surface area contributed by atoms with Crippen LogP contribution in [0.4, 0.5) is 5.69 Å². The van der Waals surface area contributed by atoms with Gasteiger partial charge in [0.05, 0.1) is 23.8 Å². The van der Waals surface area contributed by atoms with Crippen LogP contribution in [0.25, 0.3) is 21.8 Å². The number of benzene rings is 2. The van der Waals surface area contributed by atoms with Gasteiger partial charge in [0.15, 0.2) is 0 Å². The highest BCUT2D eigenvalue weighted by molar-refractivity contribution is 6.31. The summed E-state index contributed by atoms with van der Waals surface area (Å²) >= 11 is 6.22. The molecular weight excluding hydrogens is 382 g/mol. The lowest BCUT2D eigenvalue weighted by atomic mass is 10.1. The largest absolute Gasteiger partial charge is 0.497 e. The maximum absolute atomic E-state index is 6.22. The Morgan fingerprint density at radius 3 is 2.69 bits per heavy atom. The molecule has 0 radical (unpaired) electrons. The van der Waals surface area contributed by atoms with Gasteiger partial charge in [-0.05, 0) is 62.2 Å². The van der Waals surface area contributed by atoms with Gasteiger partial charge in [0, 0.05) is 34.9 Å². The molecule has 4 rings (SSSR count). The Bertz CT molecular complexity index is 985. The van der Waals surface area contributed by atoms with Crippen molar-refractivity contribution in [2.75, 3.05) is 32.1 Å². The number of anilines is 1. The molecule has 5 heteroatoms. The fraction of sp³-hybridized carbons (Fsp3) is 0.458. The highest BCUT2D eigenvalue weighted by atomic mass is 35.5. The number of pyridine rings is 1. The number of rotatable bonds is 8. The summed E-state index contributed by atoms with van der Waals surface area (Å²) in [4.78, 5) is 7.46. The monoisotopic (exact) mass is 411 g/mol. The lowest BCUT2D eigenvalue weighted by Crippen LogP contribution is -2.34. The van der Waals surface area contributed by atoms with Gasteiger partial charge in [-0.2, -0.15) is 0 Å². The first-order chi connectivity index (χ1) is 14.2. The highest BCUT2D eigenvalue weighted by Crippen LogP contribution is 2.34. The zero-order chi connectivity index (χ0) is 20.2.